The Kier molecular flexibility index (Phi) is 3.43. The third-order valence-corrected chi connectivity index (χ3v) is 3.18. The van der Waals surface area contributed by atoms with Gasteiger partial charge < -0.3 is 4.57 Å². The van der Waals surface area contributed by atoms with Crippen LogP contribution in [0.2, 0.25) is 0 Å². The molecule has 0 saturated heterocycles. The summed E-state index contributed by atoms with van der Waals surface area (Å²) in [5.74, 6) is -0.289. The van der Waals surface area contributed by atoms with Gasteiger partial charge in [0.1, 0.15) is 5.82 Å². The number of hydrogen-bond acceptors (Lipinski definition) is 1. The number of rotatable bonds is 2. The maximum atomic E-state index is 13.1. The Morgan fingerprint density at radius 2 is 2.06 bits per heavy atom. The van der Waals surface area contributed by atoms with E-state index in [2.05, 4.69) is 15.9 Å². The molecule has 0 aliphatic heterocycles. The first-order valence-corrected chi connectivity index (χ1v) is 5.97. The second kappa shape index (κ2) is 4.84. The molecule has 2 aromatic rings. The van der Waals surface area contributed by atoms with Crippen molar-refractivity contribution >= 4 is 15.9 Å². The van der Waals surface area contributed by atoms with Gasteiger partial charge in [0.2, 0.25) is 0 Å². The van der Waals surface area contributed by atoms with E-state index in [0.717, 1.165) is 11.3 Å². The topological polar surface area (TPSA) is 22.0 Å². The highest BCUT2D eigenvalue weighted by molar-refractivity contribution is 9.10. The molecule has 0 fully saturated rings. The molecular formula is C13H11BrFNO. The molecule has 0 atom stereocenters. The average Bonchev–Trinajstić information content (AvgIpc) is 2.30. The minimum absolute atomic E-state index is 0.103. The molecule has 17 heavy (non-hydrogen) atoms. The van der Waals surface area contributed by atoms with Crippen molar-refractivity contribution in [3.05, 3.63) is 68.3 Å². The van der Waals surface area contributed by atoms with Gasteiger partial charge in [0.15, 0.2) is 0 Å². The fourth-order valence-corrected chi connectivity index (χ4v) is 2.00. The highest BCUT2D eigenvalue weighted by Gasteiger charge is 2.05. The van der Waals surface area contributed by atoms with Gasteiger partial charge in [-0.05, 0) is 52.7 Å². The molecule has 0 aliphatic rings. The third-order valence-electron chi connectivity index (χ3n) is 2.58. The van der Waals surface area contributed by atoms with Crippen LogP contribution in [0.4, 0.5) is 4.39 Å². The standard InChI is InChI=1S/C13H11BrFNO/c1-9-5-6-12(14)13(17)16(9)8-10-3-2-4-11(15)7-10/h2-7H,8H2,1H3. The van der Waals surface area contributed by atoms with Crippen molar-refractivity contribution in [3.8, 4) is 0 Å². The monoisotopic (exact) mass is 295 g/mol. The molecule has 0 unspecified atom stereocenters. The molecule has 0 aliphatic carbocycles. The highest BCUT2D eigenvalue weighted by Crippen LogP contribution is 2.09. The molecule has 0 N–H and O–H groups in total. The average molecular weight is 296 g/mol. The van der Waals surface area contributed by atoms with Crippen molar-refractivity contribution < 1.29 is 4.39 Å². The molecule has 88 valence electrons. The Labute approximate surface area is 107 Å². The smallest absolute Gasteiger partial charge is 0.265 e. The van der Waals surface area contributed by atoms with Crippen molar-refractivity contribution in [3.63, 3.8) is 0 Å². The highest BCUT2D eigenvalue weighted by atomic mass is 79.9. The molecule has 0 spiro atoms. The largest absolute Gasteiger partial charge is 0.308 e. The first-order valence-electron chi connectivity index (χ1n) is 5.18. The van der Waals surface area contributed by atoms with E-state index in [1.54, 1.807) is 22.8 Å². The summed E-state index contributed by atoms with van der Waals surface area (Å²) in [4.78, 5) is 11.9. The van der Waals surface area contributed by atoms with Crippen LogP contribution in [0.1, 0.15) is 11.3 Å². The molecule has 0 bridgehead atoms. The third kappa shape index (κ3) is 2.64. The lowest BCUT2D eigenvalue weighted by Gasteiger charge is -2.10. The van der Waals surface area contributed by atoms with Crippen LogP contribution in [0.5, 0.6) is 0 Å². The van der Waals surface area contributed by atoms with Crippen LogP contribution in [0.25, 0.3) is 0 Å². The number of aromatic nitrogens is 1. The van der Waals surface area contributed by atoms with Gasteiger partial charge in [0, 0.05) is 5.69 Å². The zero-order valence-corrected chi connectivity index (χ0v) is 10.9. The summed E-state index contributed by atoms with van der Waals surface area (Å²) in [5.41, 5.74) is 1.52. The Morgan fingerprint density at radius 3 is 2.76 bits per heavy atom. The summed E-state index contributed by atoms with van der Waals surface area (Å²) in [6.45, 7) is 2.23. The molecule has 0 amide bonds. The van der Waals surface area contributed by atoms with Crippen molar-refractivity contribution in [1.82, 2.24) is 4.57 Å². The molecule has 0 radical (unpaired) electrons. The lowest BCUT2D eigenvalue weighted by molar-refractivity contribution is 0.622. The molecule has 1 heterocycles. The van der Waals surface area contributed by atoms with Crippen molar-refractivity contribution in [1.29, 1.82) is 0 Å². The molecule has 2 rings (SSSR count). The predicted octanol–water partition coefficient (Wildman–Crippen LogP) is 3.11. The summed E-state index contributed by atoms with van der Waals surface area (Å²) in [6.07, 6.45) is 0. The molecule has 1 aromatic heterocycles. The molecular weight excluding hydrogens is 285 g/mol. The van der Waals surface area contributed by atoms with Crippen LogP contribution in [-0.2, 0) is 6.54 Å². The van der Waals surface area contributed by atoms with E-state index in [1.165, 1.54) is 12.1 Å². The van der Waals surface area contributed by atoms with Crippen molar-refractivity contribution in [2.24, 2.45) is 0 Å². The Balaban J connectivity index is 2.43. The summed E-state index contributed by atoms with van der Waals surface area (Å²) in [5, 5.41) is 0. The van der Waals surface area contributed by atoms with Gasteiger partial charge in [-0.1, -0.05) is 12.1 Å². The zero-order valence-electron chi connectivity index (χ0n) is 9.28. The number of aryl methyl sites for hydroxylation is 1. The van der Waals surface area contributed by atoms with E-state index in [4.69, 9.17) is 0 Å². The quantitative estimate of drug-likeness (QED) is 0.834. The van der Waals surface area contributed by atoms with Gasteiger partial charge in [-0.3, -0.25) is 4.79 Å². The maximum absolute atomic E-state index is 13.1. The van der Waals surface area contributed by atoms with Gasteiger partial charge in [-0.2, -0.15) is 0 Å². The van der Waals surface area contributed by atoms with Gasteiger partial charge in [-0.15, -0.1) is 0 Å². The summed E-state index contributed by atoms with van der Waals surface area (Å²) in [7, 11) is 0. The number of benzene rings is 1. The van der Waals surface area contributed by atoms with Gasteiger partial charge in [0.25, 0.3) is 5.56 Å². The molecule has 2 nitrogen and oxygen atoms in total. The van der Waals surface area contributed by atoms with Crippen LogP contribution in [0, 0.1) is 12.7 Å². The molecule has 4 heteroatoms. The first kappa shape index (κ1) is 12.0. The second-order valence-corrected chi connectivity index (χ2v) is 4.70. The van der Waals surface area contributed by atoms with Crippen LogP contribution in [-0.4, -0.2) is 4.57 Å². The van der Waals surface area contributed by atoms with E-state index < -0.39 is 0 Å². The summed E-state index contributed by atoms with van der Waals surface area (Å²) >= 11 is 3.20. The number of nitrogens with zero attached hydrogens (tertiary/aromatic N) is 1. The van der Waals surface area contributed by atoms with E-state index >= 15 is 0 Å². The van der Waals surface area contributed by atoms with Crippen LogP contribution in [0.15, 0.2) is 45.7 Å². The molecule has 0 saturated carbocycles. The fraction of sp³-hybridized carbons (Fsp3) is 0.154. The Hall–Kier alpha value is -1.42. The van der Waals surface area contributed by atoms with Crippen LogP contribution < -0.4 is 5.56 Å². The normalized spacial score (nSPS) is 10.5. The van der Waals surface area contributed by atoms with Crippen molar-refractivity contribution in [2.45, 2.75) is 13.5 Å². The van der Waals surface area contributed by atoms with Crippen LogP contribution >= 0.6 is 15.9 Å². The zero-order chi connectivity index (χ0) is 12.4. The predicted molar refractivity (Wildman–Crippen MR) is 68.6 cm³/mol. The van der Waals surface area contributed by atoms with E-state index in [0.29, 0.717) is 11.0 Å². The summed E-state index contributed by atoms with van der Waals surface area (Å²) in [6, 6.07) is 9.84. The number of hydrogen-bond donors (Lipinski definition) is 0. The first-order chi connectivity index (χ1) is 8.08. The van der Waals surface area contributed by atoms with Crippen LogP contribution in [0.3, 0.4) is 0 Å². The maximum Gasteiger partial charge on any atom is 0.265 e. The SMILES string of the molecule is Cc1ccc(Br)c(=O)n1Cc1cccc(F)c1. The minimum atomic E-state index is -0.289. The minimum Gasteiger partial charge on any atom is -0.308 e. The van der Waals surface area contributed by atoms with Gasteiger partial charge in [-0.25, -0.2) is 4.39 Å². The fourth-order valence-electron chi connectivity index (χ4n) is 1.66. The lowest BCUT2D eigenvalue weighted by Crippen LogP contribution is -2.23. The lowest BCUT2D eigenvalue weighted by atomic mass is 10.2. The Morgan fingerprint density at radius 1 is 1.29 bits per heavy atom. The summed E-state index contributed by atoms with van der Waals surface area (Å²) < 4.78 is 15.2. The Bertz CT molecular complexity index is 607. The van der Waals surface area contributed by atoms with E-state index in [1.807, 2.05) is 13.0 Å². The number of halogens is 2. The van der Waals surface area contributed by atoms with Gasteiger partial charge in [0.05, 0.1) is 11.0 Å². The van der Waals surface area contributed by atoms with Gasteiger partial charge >= 0.3 is 0 Å². The van der Waals surface area contributed by atoms with E-state index in [9.17, 15) is 9.18 Å². The number of pyridine rings is 1. The van der Waals surface area contributed by atoms with Crippen molar-refractivity contribution in [2.75, 3.05) is 0 Å². The second-order valence-electron chi connectivity index (χ2n) is 3.84. The van der Waals surface area contributed by atoms with E-state index in [-0.39, 0.29) is 11.4 Å². The molecule has 1 aromatic carbocycles.